The van der Waals surface area contributed by atoms with Gasteiger partial charge >= 0.3 is 5.97 Å². The van der Waals surface area contributed by atoms with Gasteiger partial charge < -0.3 is 9.47 Å². The predicted molar refractivity (Wildman–Crippen MR) is 89.9 cm³/mol. The molecule has 0 aromatic heterocycles. The van der Waals surface area contributed by atoms with E-state index in [9.17, 15) is 4.79 Å². The average molecular weight is 390 g/mol. The SMILES string of the molecule is CCOC(=O)c1ccc(OCCCCCCCI)cc1. The van der Waals surface area contributed by atoms with Crippen LogP contribution < -0.4 is 4.74 Å². The first-order valence-electron chi connectivity index (χ1n) is 7.24. The highest BCUT2D eigenvalue weighted by molar-refractivity contribution is 14.1. The van der Waals surface area contributed by atoms with Gasteiger partial charge in [-0.25, -0.2) is 4.79 Å². The van der Waals surface area contributed by atoms with Gasteiger partial charge in [0.2, 0.25) is 0 Å². The van der Waals surface area contributed by atoms with Crippen LogP contribution in [0.2, 0.25) is 0 Å². The molecule has 0 bridgehead atoms. The summed E-state index contributed by atoms with van der Waals surface area (Å²) in [6, 6.07) is 7.13. The summed E-state index contributed by atoms with van der Waals surface area (Å²) in [5.74, 6) is 0.527. The van der Waals surface area contributed by atoms with Crippen molar-refractivity contribution < 1.29 is 14.3 Å². The van der Waals surface area contributed by atoms with Crippen molar-refractivity contribution in [3.8, 4) is 5.75 Å². The van der Waals surface area contributed by atoms with Crippen LogP contribution in [0.4, 0.5) is 0 Å². The van der Waals surface area contributed by atoms with E-state index in [0.29, 0.717) is 12.2 Å². The zero-order chi connectivity index (χ0) is 14.6. The topological polar surface area (TPSA) is 35.5 Å². The van der Waals surface area contributed by atoms with Gasteiger partial charge in [0, 0.05) is 0 Å². The van der Waals surface area contributed by atoms with Gasteiger partial charge in [-0.2, -0.15) is 0 Å². The van der Waals surface area contributed by atoms with E-state index < -0.39 is 0 Å². The molecule has 0 aliphatic rings. The van der Waals surface area contributed by atoms with Crippen molar-refractivity contribution in [3.05, 3.63) is 29.8 Å². The molecule has 0 spiro atoms. The number of carbonyl (C=O) groups is 1. The van der Waals surface area contributed by atoms with Crippen LogP contribution >= 0.6 is 22.6 Å². The van der Waals surface area contributed by atoms with Gasteiger partial charge in [0.05, 0.1) is 18.8 Å². The molecule has 0 fully saturated rings. The predicted octanol–water partition coefficient (Wildman–Crippen LogP) is 4.63. The summed E-state index contributed by atoms with van der Waals surface area (Å²) in [6.07, 6.45) is 6.22. The molecule has 0 atom stereocenters. The molecule has 1 aromatic carbocycles. The van der Waals surface area contributed by atoms with Crippen LogP contribution in [0.1, 0.15) is 49.4 Å². The monoisotopic (exact) mass is 390 g/mol. The number of hydrogen-bond donors (Lipinski definition) is 0. The van der Waals surface area contributed by atoms with Crippen LogP contribution in [0, 0.1) is 0 Å². The molecule has 1 aromatic rings. The maximum Gasteiger partial charge on any atom is 0.338 e. The number of rotatable bonds is 10. The molecular formula is C16H23IO3. The highest BCUT2D eigenvalue weighted by Crippen LogP contribution is 2.14. The molecule has 1 rings (SSSR count). The molecule has 4 heteroatoms. The molecule has 0 radical (unpaired) electrons. The van der Waals surface area contributed by atoms with Gasteiger partial charge in [-0.15, -0.1) is 0 Å². The van der Waals surface area contributed by atoms with E-state index in [2.05, 4.69) is 22.6 Å². The maximum atomic E-state index is 11.5. The van der Waals surface area contributed by atoms with Crippen molar-refractivity contribution in [2.45, 2.75) is 39.0 Å². The standard InChI is InChI=1S/C16H23IO3/c1-2-19-16(18)14-8-10-15(11-9-14)20-13-7-5-3-4-6-12-17/h8-11H,2-7,12-13H2,1H3. The highest BCUT2D eigenvalue weighted by atomic mass is 127. The smallest absolute Gasteiger partial charge is 0.338 e. The zero-order valence-corrected chi connectivity index (χ0v) is 14.2. The van der Waals surface area contributed by atoms with Gasteiger partial charge in [-0.05, 0) is 48.5 Å². The Kier molecular flexibility index (Phi) is 9.45. The summed E-state index contributed by atoms with van der Waals surface area (Å²) in [5, 5.41) is 0. The first-order valence-corrected chi connectivity index (χ1v) is 8.76. The molecule has 0 aliphatic carbocycles. The van der Waals surface area contributed by atoms with E-state index in [1.54, 1.807) is 19.1 Å². The van der Waals surface area contributed by atoms with Gasteiger partial charge in [0.15, 0.2) is 0 Å². The largest absolute Gasteiger partial charge is 0.494 e. The highest BCUT2D eigenvalue weighted by Gasteiger charge is 2.05. The van der Waals surface area contributed by atoms with Crippen LogP contribution in [0.3, 0.4) is 0 Å². The Bertz CT molecular complexity index is 376. The lowest BCUT2D eigenvalue weighted by Crippen LogP contribution is -2.04. The third kappa shape index (κ3) is 7.12. The first-order chi connectivity index (χ1) is 9.77. The van der Waals surface area contributed by atoms with Crippen molar-refractivity contribution in [2.75, 3.05) is 17.6 Å². The van der Waals surface area contributed by atoms with E-state index in [1.807, 2.05) is 12.1 Å². The number of carbonyl (C=O) groups excluding carboxylic acids is 1. The van der Waals surface area contributed by atoms with E-state index in [-0.39, 0.29) is 5.97 Å². The zero-order valence-electron chi connectivity index (χ0n) is 12.1. The van der Waals surface area contributed by atoms with Gasteiger partial charge in [0.25, 0.3) is 0 Å². The second-order valence-electron chi connectivity index (χ2n) is 4.55. The van der Waals surface area contributed by atoms with E-state index in [0.717, 1.165) is 18.8 Å². The Balaban J connectivity index is 2.20. The molecule has 0 aliphatic heterocycles. The number of hydrogen-bond acceptors (Lipinski definition) is 3. The van der Waals surface area contributed by atoms with Crippen molar-refractivity contribution in [1.29, 1.82) is 0 Å². The number of alkyl halides is 1. The van der Waals surface area contributed by atoms with Crippen LogP contribution in [0.15, 0.2) is 24.3 Å². The molecule has 0 saturated carbocycles. The summed E-state index contributed by atoms with van der Waals surface area (Å²) in [5.41, 5.74) is 0.568. The summed E-state index contributed by atoms with van der Waals surface area (Å²) < 4.78 is 11.8. The Morgan fingerprint density at radius 1 is 1.05 bits per heavy atom. The average Bonchev–Trinajstić information content (AvgIpc) is 2.47. The van der Waals surface area contributed by atoms with Crippen LogP contribution in [-0.4, -0.2) is 23.6 Å². The normalized spacial score (nSPS) is 10.3. The van der Waals surface area contributed by atoms with Crippen molar-refractivity contribution >= 4 is 28.6 Å². The second kappa shape index (κ2) is 10.9. The Hall–Kier alpha value is -0.780. The number of benzene rings is 1. The van der Waals surface area contributed by atoms with Gasteiger partial charge in [-0.3, -0.25) is 0 Å². The minimum absolute atomic E-state index is 0.283. The molecule has 0 unspecified atom stereocenters. The quantitative estimate of drug-likeness (QED) is 0.253. The van der Waals surface area contributed by atoms with Crippen molar-refractivity contribution in [3.63, 3.8) is 0 Å². The molecule has 0 N–H and O–H groups in total. The molecule has 112 valence electrons. The van der Waals surface area contributed by atoms with E-state index in [4.69, 9.17) is 9.47 Å². The Morgan fingerprint density at radius 3 is 2.35 bits per heavy atom. The molecule has 20 heavy (non-hydrogen) atoms. The number of unbranched alkanes of at least 4 members (excludes halogenated alkanes) is 4. The molecule has 3 nitrogen and oxygen atoms in total. The summed E-state index contributed by atoms with van der Waals surface area (Å²) in [7, 11) is 0. The van der Waals surface area contributed by atoms with Crippen LogP contribution in [-0.2, 0) is 4.74 Å². The Labute approximate surface area is 135 Å². The Morgan fingerprint density at radius 2 is 1.70 bits per heavy atom. The molecule has 0 heterocycles. The molecule has 0 saturated heterocycles. The summed E-state index contributed by atoms with van der Waals surface area (Å²) >= 11 is 2.42. The fourth-order valence-corrected chi connectivity index (χ4v) is 2.36. The fraction of sp³-hybridized carbons (Fsp3) is 0.562. The molecular weight excluding hydrogens is 367 g/mol. The minimum Gasteiger partial charge on any atom is -0.494 e. The van der Waals surface area contributed by atoms with Gasteiger partial charge in [-0.1, -0.05) is 41.9 Å². The fourth-order valence-electron chi connectivity index (χ4n) is 1.82. The number of ether oxygens (including phenoxy) is 2. The third-order valence-corrected chi connectivity index (χ3v) is 3.67. The number of halogens is 1. The lowest BCUT2D eigenvalue weighted by molar-refractivity contribution is 0.0526. The van der Waals surface area contributed by atoms with Gasteiger partial charge in [0.1, 0.15) is 5.75 Å². The lowest BCUT2D eigenvalue weighted by Gasteiger charge is -2.07. The third-order valence-electron chi connectivity index (χ3n) is 2.91. The maximum absolute atomic E-state index is 11.5. The summed E-state index contributed by atoms with van der Waals surface area (Å²) in [6.45, 7) is 2.94. The first kappa shape index (κ1) is 17.3. The lowest BCUT2D eigenvalue weighted by atomic mass is 10.2. The minimum atomic E-state index is -0.283. The van der Waals surface area contributed by atoms with E-state index in [1.165, 1.54) is 30.1 Å². The van der Waals surface area contributed by atoms with Crippen molar-refractivity contribution in [1.82, 2.24) is 0 Å². The molecule has 0 amide bonds. The number of esters is 1. The van der Waals surface area contributed by atoms with Crippen LogP contribution in [0.25, 0.3) is 0 Å². The summed E-state index contributed by atoms with van der Waals surface area (Å²) in [4.78, 5) is 11.5. The van der Waals surface area contributed by atoms with Crippen molar-refractivity contribution in [2.24, 2.45) is 0 Å². The second-order valence-corrected chi connectivity index (χ2v) is 5.63. The van der Waals surface area contributed by atoms with Crippen LogP contribution in [0.5, 0.6) is 5.75 Å². The van der Waals surface area contributed by atoms with E-state index >= 15 is 0 Å².